The molecule has 1 aromatic carbocycles. The molecule has 0 spiro atoms. The summed E-state index contributed by atoms with van der Waals surface area (Å²) in [5.74, 6) is -0.410. The molecule has 8 nitrogen and oxygen atoms in total. The van der Waals surface area contributed by atoms with Crippen molar-refractivity contribution >= 4 is 5.97 Å². The third kappa shape index (κ3) is 9.43. The van der Waals surface area contributed by atoms with E-state index in [0.717, 1.165) is 5.56 Å². The van der Waals surface area contributed by atoms with E-state index in [0.29, 0.717) is 38.8 Å². The maximum atomic E-state index is 10.6. The zero-order valence-corrected chi connectivity index (χ0v) is 13.6. The molecule has 0 aromatic heterocycles. The minimum absolute atomic E-state index is 0.00537. The molecule has 0 radical (unpaired) electrons. The van der Waals surface area contributed by atoms with Gasteiger partial charge in [0.05, 0.1) is 46.2 Å². The Morgan fingerprint density at radius 2 is 1.79 bits per heavy atom. The molecule has 1 rings (SSSR count). The Labute approximate surface area is 141 Å². The minimum atomic E-state index is -1.09. The number of carboxylic acid groups (broad SMARTS) is 1. The van der Waals surface area contributed by atoms with Crippen LogP contribution in [0.5, 0.6) is 5.75 Å². The molecule has 1 atom stereocenters. The first kappa shape index (κ1) is 20.3. The number of carbonyl (C=O) groups is 1. The van der Waals surface area contributed by atoms with E-state index in [1.807, 2.05) is 24.3 Å². The topological polar surface area (TPSA) is 120 Å². The monoisotopic (exact) mass is 343 g/mol. The van der Waals surface area contributed by atoms with Crippen LogP contribution >= 0.6 is 0 Å². The second-order valence-corrected chi connectivity index (χ2v) is 4.90. The van der Waals surface area contributed by atoms with Gasteiger partial charge in [-0.2, -0.15) is 0 Å². The lowest BCUT2D eigenvalue weighted by atomic mass is 10.2. The molecule has 24 heavy (non-hydrogen) atoms. The van der Waals surface area contributed by atoms with Crippen LogP contribution in [-0.2, 0) is 25.6 Å². The van der Waals surface area contributed by atoms with Crippen LogP contribution in [0.4, 0.5) is 0 Å². The minimum Gasteiger partial charge on any atom is -0.491 e. The van der Waals surface area contributed by atoms with E-state index in [9.17, 15) is 4.79 Å². The number of benzene rings is 1. The SMILES string of the molecule is N[C@@H](COCc1cccc(OCCOCCOCCO)c1)C(=O)O. The highest BCUT2D eigenvalue weighted by molar-refractivity contribution is 5.73. The van der Waals surface area contributed by atoms with Crippen molar-refractivity contribution in [1.29, 1.82) is 0 Å². The third-order valence-electron chi connectivity index (χ3n) is 2.89. The van der Waals surface area contributed by atoms with Gasteiger partial charge in [0.1, 0.15) is 18.4 Å². The van der Waals surface area contributed by atoms with Gasteiger partial charge in [-0.1, -0.05) is 12.1 Å². The molecule has 0 aliphatic rings. The zero-order chi connectivity index (χ0) is 17.6. The van der Waals surface area contributed by atoms with E-state index < -0.39 is 12.0 Å². The summed E-state index contributed by atoms with van der Waals surface area (Å²) in [4.78, 5) is 10.6. The number of aliphatic hydroxyl groups excluding tert-OH is 1. The molecule has 136 valence electrons. The summed E-state index contributed by atoms with van der Waals surface area (Å²) in [5.41, 5.74) is 6.22. The zero-order valence-electron chi connectivity index (χ0n) is 13.6. The van der Waals surface area contributed by atoms with Crippen LogP contribution in [0.15, 0.2) is 24.3 Å². The van der Waals surface area contributed by atoms with Crippen LogP contribution in [0.2, 0.25) is 0 Å². The molecule has 1 aromatic rings. The first-order valence-corrected chi connectivity index (χ1v) is 7.67. The summed E-state index contributed by atoms with van der Waals surface area (Å²) in [7, 11) is 0. The van der Waals surface area contributed by atoms with E-state index in [2.05, 4.69) is 0 Å². The van der Waals surface area contributed by atoms with Gasteiger partial charge in [-0.05, 0) is 17.7 Å². The quantitative estimate of drug-likeness (QED) is 0.404. The van der Waals surface area contributed by atoms with Crippen molar-refractivity contribution in [3.05, 3.63) is 29.8 Å². The van der Waals surface area contributed by atoms with Crippen LogP contribution in [0.1, 0.15) is 5.56 Å². The predicted octanol–water partition coefficient (Wildman–Crippen LogP) is 0.0194. The Morgan fingerprint density at radius 3 is 2.50 bits per heavy atom. The highest BCUT2D eigenvalue weighted by Gasteiger charge is 2.11. The average molecular weight is 343 g/mol. The molecule has 0 amide bonds. The number of hydrogen-bond donors (Lipinski definition) is 3. The maximum Gasteiger partial charge on any atom is 0.322 e. The van der Waals surface area contributed by atoms with E-state index in [4.69, 9.17) is 34.9 Å². The van der Waals surface area contributed by atoms with Crippen molar-refractivity contribution in [2.24, 2.45) is 5.73 Å². The molecule has 0 aliphatic carbocycles. The number of hydrogen-bond acceptors (Lipinski definition) is 7. The van der Waals surface area contributed by atoms with Gasteiger partial charge in [0, 0.05) is 0 Å². The maximum absolute atomic E-state index is 10.6. The van der Waals surface area contributed by atoms with Gasteiger partial charge in [0.2, 0.25) is 0 Å². The molecule has 0 saturated heterocycles. The molecule has 0 aliphatic heterocycles. The molecule has 0 bridgehead atoms. The van der Waals surface area contributed by atoms with E-state index in [1.165, 1.54) is 0 Å². The molecule has 0 saturated carbocycles. The summed E-state index contributed by atoms with van der Waals surface area (Å²) in [6.45, 7) is 2.23. The molecule has 0 fully saturated rings. The van der Waals surface area contributed by atoms with Crippen molar-refractivity contribution in [1.82, 2.24) is 0 Å². The number of aliphatic carboxylic acids is 1. The lowest BCUT2D eigenvalue weighted by Gasteiger charge is -2.10. The highest BCUT2D eigenvalue weighted by Crippen LogP contribution is 2.14. The standard InChI is InChI=1S/C16H25NO7/c17-15(16(19)20)12-23-11-13-2-1-3-14(10-13)24-9-8-22-7-6-21-5-4-18/h1-3,10,15,18H,4-9,11-12,17H2,(H,19,20)/t15-/m0/s1. The fourth-order valence-electron chi connectivity index (χ4n) is 1.71. The second kappa shape index (κ2) is 12.7. The number of ether oxygens (including phenoxy) is 4. The van der Waals surface area contributed by atoms with Crippen LogP contribution < -0.4 is 10.5 Å². The molecule has 4 N–H and O–H groups in total. The Hall–Kier alpha value is -1.71. The molecular weight excluding hydrogens is 318 g/mol. The van der Waals surface area contributed by atoms with Gasteiger partial charge in [-0.25, -0.2) is 0 Å². The van der Waals surface area contributed by atoms with Gasteiger partial charge in [-0.3, -0.25) is 4.79 Å². The first-order valence-electron chi connectivity index (χ1n) is 7.67. The highest BCUT2D eigenvalue weighted by atomic mass is 16.5. The fraction of sp³-hybridized carbons (Fsp3) is 0.562. The van der Waals surface area contributed by atoms with Gasteiger partial charge in [-0.15, -0.1) is 0 Å². The Kier molecular flexibility index (Phi) is 10.7. The van der Waals surface area contributed by atoms with E-state index in [1.54, 1.807) is 0 Å². The van der Waals surface area contributed by atoms with Crippen molar-refractivity contribution in [3.8, 4) is 5.75 Å². The largest absolute Gasteiger partial charge is 0.491 e. The lowest BCUT2D eigenvalue weighted by molar-refractivity contribution is -0.140. The normalized spacial score (nSPS) is 12.1. The Morgan fingerprint density at radius 1 is 1.08 bits per heavy atom. The summed E-state index contributed by atoms with van der Waals surface area (Å²) in [5, 5.41) is 17.2. The van der Waals surface area contributed by atoms with Crippen molar-refractivity contribution in [2.45, 2.75) is 12.6 Å². The Balaban J connectivity index is 2.17. The van der Waals surface area contributed by atoms with Crippen molar-refractivity contribution in [2.75, 3.05) is 46.2 Å². The van der Waals surface area contributed by atoms with Gasteiger partial charge in [0.15, 0.2) is 0 Å². The lowest BCUT2D eigenvalue weighted by Crippen LogP contribution is -2.34. The predicted molar refractivity (Wildman–Crippen MR) is 85.9 cm³/mol. The molecule has 0 heterocycles. The van der Waals surface area contributed by atoms with Crippen LogP contribution in [0, 0.1) is 0 Å². The van der Waals surface area contributed by atoms with Gasteiger partial charge in [0.25, 0.3) is 0 Å². The fourth-order valence-corrected chi connectivity index (χ4v) is 1.71. The second-order valence-electron chi connectivity index (χ2n) is 4.90. The van der Waals surface area contributed by atoms with Gasteiger partial charge >= 0.3 is 5.97 Å². The van der Waals surface area contributed by atoms with Crippen LogP contribution in [0.25, 0.3) is 0 Å². The van der Waals surface area contributed by atoms with E-state index in [-0.39, 0.29) is 19.8 Å². The molecule has 0 unspecified atom stereocenters. The van der Waals surface area contributed by atoms with Crippen LogP contribution in [0.3, 0.4) is 0 Å². The Bertz CT molecular complexity index is 469. The van der Waals surface area contributed by atoms with Crippen LogP contribution in [-0.4, -0.2) is 68.5 Å². The summed E-state index contributed by atoms with van der Waals surface area (Å²) >= 11 is 0. The molecule has 8 heteroatoms. The average Bonchev–Trinajstić information content (AvgIpc) is 2.57. The summed E-state index contributed by atoms with van der Waals surface area (Å²) < 4.78 is 21.2. The summed E-state index contributed by atoms with van der Waals surface area (Å²) in [6.07, 6.45) is 0. The smallest absolute Gasteiger partial charge is 0.322 e. The van der Waals surface area contributed by atoms with E-state index >= 15 is 0 Å². The number of rotatable bonds is 14. The third-order valence-corrected chi connectivity index (χ3v) is 2.89. The first-order chi connectivity index (χ1) is 11.6. The number of nitrogens with two attached hydrogens (primary N) is 1. The summed E-state index contributed by atoms with van der Waals surface area (Å²) in [6, 6.07) is 6.29. The number of carboxylic acids is 1. The number of aliphatic hydroxyl groups is 1. The van der Waals surface area contributed by atoms with Gasteiger partial charge < -0.3 is 34.9 Å². The van der Waals surface area contributed by atoms with Crippen molar-refractivity contribution in [3.63, 3.8) is 0 Å². The molecular formula is C16H25NO7. The van der Waals surface area contributed by atoms with Crippen molar-refractivity contribution < 1.29 is 34.0 Å².